The summed E-state index contributed by atoms with van der Waals surface area (Å²) in [5.41, 5.74) is 7.20. The molecule has 0 radical (unpaired) electrons. The van der Waals surface area contributed by atoms with Crippen LogP contribution in [0.15, 0.2) is 24.3 Å². The van der Waals surface area contributed by atoms with E-state index in [2.05, 4.69) is 18.7 Å². The lowest BCUT2D eigenvalue weighted by Crippen LogP contribution is -2.49. The zero-order valence-corrected chi connectivity index (χ0v) is 13.4. The Morgan fingerprint density at radius 2 is 1.90 bits per heavy atom. The van der Waals surface area contributed by atoms with Gasteiger partial charge in [-0.15, -0.1) is 0 Å². The van der Waals surface area contributed by atoms with Crippen molar-refractivity contribution < 1.29 is 4.39 Å². The average molecular weight is 292 g/mol. The van der Waals surface area contributed by atoms with E-state index in [1.54, 1.807) is 12.1 Å². The lowest BCUT2D eigenvalue weighted by Gasteiger charge is -2.42. The van der Waals surface area contributed by atoms with Gasteiger partial charge in [0.25, 0.3) is 0 Å². The standard InChI is InChI=1S/C18H29FN2/c1-3-21(18-7-5-4-6-16(18)13-20)14(2)12-15-8-10-17(19)11-9-15/h8-11,14,16,18H,3-7,12-13,20H2,1-2H3. The minimum Gasteiger partial charge on any atom is -0.330 e. The summed E-state index contributed by atoms with van der Waals surface area (Å²) < 4.78 is 13.0. The van der Waals surface area contributed by atoms with Gasteiger partial charge in [-0.1, -0.05) is 31.9 Å². The van der Waals surface area contributed by atoms with Crippen LogP contribution in [-0.2, 0) is 6.42 Å². The summed E-state index contributed by atoms with van der Waals surface area (Å²) in [6.45, 7) is 6.38. The van der Waals surface area contributed by atoms with Crippen molar-refractivity contribution in [2.24, 2.45) is 11.7 Å². The summed E-state index contributed by atoms with van der Waals surface area (Å²) in [6.07, 6.45) is 6.15. The van der Waals surface area contributed by atoms with Gasteiger partial charge in [-0.05, 0) is 62.9 Å². The summed E-state index contributed by atoms with van der Waals surface area (Å²) in [4.78, 5) is 2.61. The van der Waals surface area contributed by atoms with Crippen molar-refractivity contribution in [3.63, 3.8) is 0 Å². The molecule has 1 aromatic rings. The van der Waals surface area contributed by atoms with Gasteiger partial charge < -0.3 is 5.73 Å². The molecule has 1 aliphatic carbocycles. The van der Waals surface area contributed by atoms with Crippen molar-refractivity contribution >= 4 is 0 Å². The van der Waals surface area contributed by atoms with Gasteiger partial charge in [0.1, 0.15) is 5.82 Å². The largest absolute Gasteiger partial charge is 0.330 e. The van der Waals surface area contributed by atoms with Crippen molar-refractivity contribution in [2.75, 3.05) is 13.1 Å². The van der Waals surface area contributed by atoms with Gasteiger partial charge in [0.15, 0.2) is 0 Å². The van der Waals surface area contributed by atoms with Crippen LogP contribution in [0.1, 0.15) is 45.1 Å². The van der Waals surface area contributed by atoms with Gasteiger partial charge in [-0.3, -0.25) is 4.90 Å². The first-order chi connectivity index (χ1) is 10.2. The fourth-order valence-corrected chi connectivity index (χ4v) is 3.85. The Kier molecular flexibility index (Phi) is 6.19. The molecule has 1 saturated carbocycles. The molecule has 1 fully saturated rings. The normalized spacial score (nSPS) is 24.2. The zero-order chi connectivity index (χ0) is 15.2. The predicted molar refractivity (Wildman–Crippen MR) is 86.7 cm³/mol. The fraction of sp³-hybridized carbons (Fsp3) is 0.667. The van der Waals surface area contributed by atoms with Gasteiger partial charge in [0.05, 0.1) is 0 Å². The third-order valence-corrected chi connectivity index (χ3v) is 4.97. The van der Waals surface area contributed by atoms with Gasteiger partial charge in [-0.25, -0.2) is 4.39 Å². The lowest BCUT2D eigenvalue weighted by atomic mass is 9.82. The van der Waals surface area contributed by atoms with E-state index in [9.17, 15) is 4.39 Å². The third-order valence-electron chi connectivity index (χ3n) is 4.97. The number of hydrogen-bond acceptors (Lipinski definition) is 2. The van der Waals surface area contributed by atoms with E-state index in [-0.39, 0.29) is 5.82 Å². The molecular formula is C18H29FN2. The monoisotopic (exact) mass is 292 g/mol. The van der Waals surface area contributed by atoms with Crippen LogP contribution in [0.3, 0.4) is 0 Å². The molecular weight excluding hydrogens is 263 g/mol. The molecule has 21 heavy (non-hydrogen) atoms. The van der Waals surface area contributed by atoms with E-state index in [0.29, 0.717) is 18.0 Å². The minimum absolute atomic E-state index is 0.158. The van der Waals surface area contributed by atoms with E-state index < -0.39 is 0 Å². The molecule has 0 saturated heterocycles. The second-order valence-electron chi connectivity index (χ2n) is 6.36. The van der Waals surface area contributed by atoms with Gasteiger partial charge in [0, 0.05) is 12.1 Å². The van der Waals surface area contributed by atoms with Crippen molar-refractivity contribution in [1.82, 2.24) is 4.90 Å². The highest BCUT2D eigenvalue weighted by Crippen LogP contribution is 2.29. The number of halogens is 1. The highest BCUT2D eigenvalue weighted by atomic mass is 19.1. The fourth-order valence-electron chi connectivity index (χ4n) is 3.85. The van der Waals surface area contributed by atoms with Crippen LogP contribution >= 0.6 is 0 Å². The molecule has 0 amide bonds. The molecule has 3 heteroatoms. The van der Waals surface area contributed by atoms with Crippen LogP contribution in [0.25, 0.3) is 0 Å². The highest BCUT2D eigenvalue weighted by Gasteiger charge is 2.30. The van der Waals surface area contributed by atoms with E-state index in [4.69, 9.17) is 5.73 Å². The number of nitrogens with zero attached hydrogens (tertiary/aromatic N) is 1. The molecule has 118 valence electrons. The van der Waals surface area contributed by atoms with Gasteiger partial charge in [-0.2, -0.15) is 0 Å². The Bertz CT molecular complexity index is 418. The van der Waals surface area contributed by atoms with E-state index >= 15 is 0 Å². The van der Waals surface area contributed by atoms with Crippen molar-refractivity contribution in [2.45, 2.75) is 58.0 Å². The molecule has 1 aliphatic rings. The minimum atomic E-state index is -0.158. The molecule has 3 unspecified atom stereocenters. The topological polar surface area (TPSA) is 29.3 Å². The molecule has 2 N–H and O–H groups in total. The number of benzene rings is 1. The first kappa shape index (κ1) is 16.4. The zero-order valence-electron chi connectivity index (χ0n) is 13.4. The molecule has 0 spiro atoms. The SMILES string of the molecule is CCN(C(C)Cc1ccc(F)cc1)C1CCCCC1CN. The molecule has 3 atom stereocenters. The van der Waals surface area contributed by atoms with E-state index in [1.165, 1.54) is 31.2 Å². The number of hydrogen-bond donors (Lipinski definition) is 1. The first-order valence-electron chi connectivity index (χ1n) is 8.36. The Balaban J connectivity index is 2.03. The van der Waals surface area contributed by atoms with Crippen LogP contribution in [0.2, 0.25) is 0 Å². The third kappa shape index (κ3) is 4.27. The van der Waals surface area contributed by atoms with Crippen LogP contribution in [-0.4, -0.2) is 30.1 Å². The van der Waals surface area contributed by atoms with Crippen LogP contribution < -0.4 is 5.73 Å². The Hall–Kier alpha value is -0.930. The second kappa shape index (κ2) is 7.90. The maximum Gasteiger partial charge on any atom is 0.123 e. The predicted octanol–water partition coefficient (Wildman–Crippen LogP) is 3.60. The Labute approximate surface area is 128 Å². The molecule has 0 bridgehead atoms. The van der Waals surface area contributed by atoms with Gasteiger partial charge in [0.2, 0.25) is 0 Å². The molecule has 0 heterocycles. The molecule has 0 aromatic heterocycles. The summed E-state index contributed by atoms with van der Waals surface area (Å²) >= 11 is 0. The van der Waals surface area contributed by atoms with Crippen LogP contribution in [0.4, 0.5) is 4.39 Å². The van der Waals surface area contributed by atoms with Crippen LogP contribution in [0.5, 0.6) is 0 Å². The summed E-state index contributed by atoms with van der Waals surface area (Å²) in [7, 11) is 0. The average Bonchev–Trinajstić information content (AvgIpc) is 2.51. The van der Waals surface area contributed by atoms with Crippen molar-refractivity contribution in [3.05, 3.63) is 35.6 Å². The maximum absolute atomic E-state index is 13.0. The molecule has 1 aromatic carbocycles. The number of nitrogens with two attached hydrogens (primary N) is 1. The Morgan fingerprint density at radius 1 is 1.24 bits per heavy atom. The quantitative estimate of drug-likeness (QED) is 0.868. The van der Waals surface area contributed by atoms with Crippen molar-refractivity contribution in [1.29, 1.82) is 0 Å². The Morgan fingerprint density at radius 3 is 2.52 bits per heavy atom. The first-order valence-corrected chi connectivity index (χ1v) is 8.36. The summed E-state index contributed by atoms with van der Waals surface area (Å²) in [6, 6.07) is 8.01. The summed E-state index contributed by atoms with van der Waals surface area (Å²) in [5.74, 6) is 0.476. The lowest BCUT2D eigenvalue weighted by molar-refractivity contribution is 0.0771. The molecule has 2 nitrogen and oxygen atoms in total. The summed E-state index contributed by atoms with van der Waals surface area (Å²) in [5, 5.41) is 0. The number of rotatable bonds is 6. The van der Waals surface area contributed by atoms with E-state index in [1.807, 2.05) is 12.1 Å². The van der Waals surface area contributed by atoms with Crippen molar-refractivity contribution in [3.8, 4) is 0 Å². The second-order valence-corrected chi connectivity index (χ2v) is 6.36. The molecule has 2 rings (SSSR count). The smallest absolute Gasteiger partial charge is 0.123 e. The molecule has 0 aliphatic heterocycles. The number of likely N-dealkylation sites (N-methyl/N-ethyl adjacent to an activating group) is 1. The maximum atomic E-state index is 13.0. The van der Waals surface area contributed by atoms with Crippen LogP contribution in [0, 0.1) is 11.7 Å². The van der Waals surface area contributed by atoms with E-state index in [0.717, 1.165) is 19.5 Å². The van der Waals surface area contributed by atoms with Gasteiger partial charge >= 0.3 is 0 Å². The highest BCUT2D eigenvalue weighted by molar-refractivity contribution is 5.17.